The summed E-state index contributed by atoms with van der Waals surface area (Å²) in [5.74, 6) is 0. The van der Waals surface area contributed by atoms with Crippen molar-refractivity contribution in [2.75, 3.05) is 13.7 Å². The highest BCUT2D eigenvalue weighted by Crippen LogP contribution is 2.40. The van der Waals surface area contributed by atoms with Crippen LogP contribution in [0.15, 0.2) is 48.1 Å². The molecule has 0 spiro atoms. The number of aryl methyl sites for hydroxylation is 1. The first-order chi connectivity index (χ1) is 10.9. The minimum atomic E-state index is 0.786. The zero-order valence-electron chi connectivity index (χ0n) is 13.2. The molecule has 0 bridgehead atoms. The second kappa shape index (κ2) is 5.73. The fourth-order valence-corrected chi connectivity index (χ4v) is 3.96. The summed E-state index contributed by atoms with van der Waals surface area (Å²) in [5, 5.41) is 2.85. The highest BCUT2D eigenvalue weighted by atomic mass is 16.5. The number of fused-ring (bicyclic) bond motifs is 4. The molecule has 2 aliphatic carbocycles. The number of methoxy groups -OCH3 is 1. The normalized spacial score (nSPS) is 16.8. The molecule has 0 saturated carbocycles. The van der Waals surface area contributed by atoms with Crippen molar-refractivity contribution < 1.29 is 4.74 Å². The predicted molar refractivity (Wildman–Crippen MR) is 93.1 cm³/mol. The summed E-state index contributed by atoms with van der Waals surface area (Å²) in [6.45, 7) is 0.786. The Bertz CT molecular complexity index is 780. The van der Waals surface area contributed by atoms with Gasteiger partial charge in [-0.2, -0.15) is 0 Å². The number of ether oxygens (including phenoxy) is 1. The van der Waals surface area contributed by atoms with Gasteiger partial charge in [-0.1, -0.05) is 48.1 Å². The molecule has 2 aromatic rings. The summed E-state index contributed by atoms with van der Waals surface area (Å²) in [6, 6.07) is 11.4. The van der Waals surface area contributed by atoms with E-state index in [0.717, 1.165) is 13.0 Å². The van der Waals surface area contributed by atoms with Crippen molar-refractivity contribution in [2.24, 2.45) is 0 Å². The molecule has 1 nitrogen and oxygen atoms in total. The van der Waals surface area contributed by atoms with Gasteiger partial charge < -0.3 is 4.74 Å². The lowest BCUT2D eigenvalue weighted by Gasteiger charge is -2.25. The van der Waals surface area contributed by atoms with Crippen molar-refractivity contribution >= 4 is 16.3 Å². The van der Waals surface area contributed by atoms with Gasteiger partial charge in [0.15, 0.2) is 0 Å². The average Bonchev–Trinajstić information content (AvgIpc) is 2.59. The Morgan fingerprint density at radius 1 is 1.00 bits per heavy atom. The topological polar surface area (TPSA) is 9.23 Å². The van der Waals surface area contributed by atoms with Crippen LogP contribution in [0.1, 0.15) is 36.0 Å². The van der Waals surface area contributed by atoms with Gasteiger partial charge in [0.1, 0.15) is 0 Å². The lowest BCUT2D eigenvalue weighted by molar-refractivity contribution is 0.202. The molecule has 0 amide bonds. The SMILES string of the molecule is COCCc1cccc2c3c(ccc12)C1=C(CCC=C1)CC3. The summed E-state index contributed by atoms with van der Waals surface area (Å²) in [4.78, 5) is 0. The second-order valence-electron chi connectivity index (χ2n) is 6.31. The molecular formula is C21H22O. The van der Waals surface area contributed by atoms with Gasteiger partial charge in [0.05, 0.1) is 6.61 Å². The van der Waals surface area contributed by atoms with E-state index in [2.05, 4.69) is 42.5 Å². The van der Waals surface area contributed by atoms with E-state index in [1.54, 1.807) is 18.2 Å². The van der Waals surface area contributed by atoms with Crippen molar-refractivity contribution in [3.8, 4) is 0 Å². The van der Waals surface area contributed by atoms with E-state index >= 15 is 0 Å². The second-order valence-corrected chi connectivity index (χ2v) is 6.31. The average molecular weight is 290 g/mol. The molecule has 0 radical (unpaired) electrons. The Labute approximate surface area is 132 Å². The number of benzene rings is 2. The van der Waals surface area contributed by atoms with E-state index in [9.17, 15) is 0 Å². The van der Waals surface area contributed by atoms with Gasteiger partial charge in [0, 0.05) is 7.11 Å². The Kier molecular flexibility index (Phi) is 3.59. The molecule has 2 aliphatic rings. The number of allylic oxidation sites excluding steroid dienone is 4. The van der Waals surface area contributed by atoms with E-state index < -0.39 is 0 Å². The fourth-order valence-electron chi connectivity index (χ4n) is 3.96. The Morgan fingerprint density at radius 2 is 1.95 bits per heavy atom. The van der Waals surface area contributed by atoms with Gasteiger partial charge in [-0.25, -0.2) is 0 Å². The first-order valence-corrected chi connectivity index (χ1v) is 8.30. The number of rotatable bonds is 3. The van der Waals surface area contributed by atoms with Gasteiger partial charge in [0.25, 0.3) is 0 Å². The van der Waals surface area contributed by atoms with Gasteiger partial charge in [-0.05, 0) is 65.1 Å². The van der Waals surface area contributed by atoms with Gasteiger partial charge in [-0.15, -0.1) is 0 Å². The van der Waals surface area contributed by atoms with Crippen molar-refractivity contribution in [1.29, 1.82) is 0 Å². The Balaban J connectivity index is 1.88. The smallest absolute Gasteiger partial charge is 0.0502 e. The molecule has 0 fully saturated rings. The van der Waals surface area contributed by atoms with Gasteiger partial charge in [-0.3, -0.25) is 0 Å². The minimum absolute atomic E-state index is 0.786. The van der Waals surface area contributed by atoms with Crippen molar-refractivity contribution in [1.82, 2.24) is 0 Å². The molecule has 0 aromatic heterocycles. The fraction of sp³-hybridized carbons (Fsp3) is 0.333. The standard InChI is InChI=1S/C21H22O/c1-22-14-13-16-6-4-8-19-18(16)11-12-20-17-7-3-2-5-15(17)9-10-21(19)20/h3-4,6-8,11-12H,2,5,9-10,13-14H2,1H3. The van der Waals surface area contributed by atoms with Crippen LogP contribution in [0.5, 0.6) is 0 Å². The Morgan fingerprint density at radius 3 is 2.86 bits per heavy atom. The van der Waals surface area contributed by atoms with Crippen LogP contribution in [0.25, 0.3) is 16.3 Å². The minimum Gasteiger partial charge on any atom is -0.384 e. The summed E-state index contributed by atoms with van der Waals surface area (Å²) in [5.41, 5.74) is 7.57. The van der Waals surface area contributed by atoms with Crippen LogP contribution in [0.3, 0.4) is 0 Å². The maximum absolute atomic E-state index is 5.26. The van der Waals surface area contributed by atoms with Crippen LogP contribution in [-0.2, 0) is 17.6 Å². The third kappa shape index (κ3) is 2.21. The molecule has 1 heteroatoms. The first-order valence-electron chi connectivity index (χ1n) is 8.30. The molecule has 0 aliphatic heterocycles. The van der Waals surface area contributed by atoms with Crippen LogP contribution in [0.4, 0.5) is 0 Å². The lowest BCUT2D eigenvalue weighted by Crippen LogP contribution is -2.07. The van der Waals surface area contributed by atoms with E-state index in [1.807, 2.05) is 0 Å². The van der Waals surface area contributed by atoms with E-state index in [0.29, 0.717) is 0 Å². The molecule has 2 aromatic carbocycles. The third-order valence-electron chi connectivity index (χ3n) is 5.08. The zero-order chi connectivity index (χ0) is 14.9. The highest BCUT2D eigenvalue weighted by molar-refractivity contribution is 5.95. The van der Waals surface area contributed by atoms with Gasteiger partial charge in [0.2, 0.25) is 0 Å². The summed E-state index contributed by atoms with van der Waals surface area (Å²) in [7, 11) is 1.77. The van der Waals surface area contributed by atoms with Crippen LogP contribution in [0.2, 0.25) is 0 Å². The quantitative estimate of drug-likeness (QED) is 0.766. The van der Waals surface area contributed by atoms with Gasteiger partial charge >= 0.3 is 0 Å². The number of hydrogen-bond acceptors (Lipinski definition) is 1. The maximum atomic E-state index is 5.26. The molecule has 0 saturated heterocycles. The molecule has 22 heavy (non-hydrogen) atoms. The molecular weight excluding hydrogens is 268 g/mol. The van der Waals surface area contributed by atoms with Crippen molar-refractivity contribution in [2.45, 2.75) is 32.1 Å². The van der Waals surface area contributed by atoms with Crippen LogP contribution in [-0.4, -0.2) is 13.7 Å². The largest absolute Gasteiger partial charge is 0.384 e. The van der Waals surface area contributed by atoms with Crippen LogP contribution >= 0.6 is 0 Å². The van der Waals surface area contributed by atoms with E-state index in [4.69, 9.17) is 4.74 Å². The summed E-state index contributed by atoms with van der Waals surface area (Å²) in [6.07, 6.45) is 10.5. The van der Waals surface area contributed by atoms with E-state index in [-0.39, 0.29) is 0 Å². The monoisotopic (exact) mass is 290 g/mol. The first kappa shape index (κ1) is 13.8. The molecule has 0 unspecified atom stereocenters. The molecule has 0 atom stereocenters. The molecule has 4 rings (SSSR count). The van der Waals surface area contributed by atoms with Crippen molar-refractivity contribution in [3.63, 3.8) is 0 Å². The maximum Gasteiger partial charge on any atom is 0.0502 e. The summed E-state index contributed by atoms with van der Waals surface area (Å²) < 4.78 is 5.26. The van der Waals surface area contributed by atoms with E-state index in [1.165, 1.54) is 53.2 Å². The van der Waals surface area contributed by atoms with Crippen LogP contribution in [0, 0.1) is 0 Å². The van der Waals surface area contributed by atoms with Crippen LogP contribution < -0.4 is 0 Å². The molecule has 112 valence electrons. The lowest BCUT2D eigenvalue weighted by atomic mass is 9.79. The zero-order valence-corrected chi connectivity index (χ0v) is 13.2. The highest BCUT2D eigenvalue weighted by Gasteiger charge is 2.20. The third-order valence-corrected chi connectivity index (χ3v) is 5.08. The number of hydrogen-bond donors (Lipinski definition) is 0. The van der Waals surface area contributed by atoms with Crippen molar-refractivity contribution in [3.05, 3.63) is 64.7 Å². The Hall–Kier alpha value is -1.86. The molecule has 0 heterocycles. The predicted octanol–water partition coefficient (Wildman–Crippen LogP) is 5.08. The molecule has 0 N–H and O–H groups in total. The summed E-state index contributed by atoms with van der Waals surface area (Å²) >= 11 is 0.